The van der Waals surface area contributed by atoms with Crippen LogP contribution in [0.1, 0.15) is 30.2 Å². The molecule has 0 saturated carbocycles. The molecule has 20 heavy (non-hydrogen) atoms. The lowest BCUT2D eigenvalue weighted by molar-refractivity contribution is 0.281. The summed E-state index contributed by atoms with van der Waals surface area (Å²) >= 11 is 0. The van der Waals surface area contributed by atoms with Crippen molar-refractivity contribution in [3.63, 3.8) is 0 Å². The maximum absolute atomic E-state index is 9.37. The van der Waals surface area contributed by atoms with E-state index in [1.807, 2.05) is 31.3 Å². The second-order valence-corrected chi connectivity index (χ2v) is 4.94. The van der Waals surface area contributed by atoms with Crippen molar-refractivity contribution >= 4 is 5.82 Å². The fraction of sp³-hybridized carbons (Fsp3) is 0.375. The maximum Gasteiger partial charge on any atom is 0.129 e. The number of nitrogens with zero attached hydrogens (tertiary/aromatic N) is 3. The average Bonchev–Trinajstić information content (AvgIpc) is 2.48. The van der Waals surface area contributed by atoms with Gasteiger partial charge in [0.05, 0.1) is 6.61 Å². The fourth-order valence-electron chi connectivity index (χ4n) is 2.15. The number of aromatic nitrogens is 2. The van der Waals surface area contributed by atoms with Gasteiger partial charge in [0.25, 0.3) is 0 Å². The molecule has 2 aromatic heterocycles. The molecule has 1 N–H and O–H groups in total. The molecule has 0 spiro atoms. The first-order valence-corrected chi connectivity index (χ1v) is 6.93. The highest BCUT2D eigenvalue weighted by Crippen LogP contribution is 2.17. The molecule has 4 nitrogen and oxygen atoms in total. The number of aliphatic hydroxyl groups excluding tert-OH is 1. The second-order valence-electron chi connectivity index (χ2n) is 4.94. The molecule has 4 heteroatoms. The molecule has 106 valence electrons. The Morgan fingerprint density at radius 1 is 1.15 bits per heavy atom. The molecule has 0 aliphatic carbocycles. The van der Waals surface area contributed by atoms with Gasteiger partial charge in [-0.05, 0) is 41.8 Å². The molecule has 0 radical (unpaired) electrons. The second kappa shape index (κ2) is 7.01. The van der Waals surface area contributed by atoms with Gasteiger partial charge in [-0.3, -0.25) is 4.98 Å². The molecule has 2 rings (SSSR count). The Hall–Kier alpha value is -1.94. The van der Waals surface area contributed by atoms with Crippen molar-refractivity contribution in [2.45, 2.75) is 32.9 Å². The largest absolute Gasteiger partial charge is 0.392 e. The van der Waals surface area contributed by atoms with Crippen molar-refractivity contribution < 1.29 is 5.11 Å². The van der Waals surface area contributed by atoms with Crippen LogP contribution in [0.3, 0.4) is 0 Å². The monoisotopic (exact) mass is 271 g/mol. The quantitative estimate of drug-likeness (QED) is 0.877. The van der Waals surface area contributed by atoms with Gasteiger partial charge in [0, 0.05) is 31.7 Å². The normalized spacial score (nSPS) is 10.6. The van der Waals surface area contributed by atoms with E-state index in [4.69, 9.17) is 0 Å². The van der Waals surface area contributed by atoms with Gasteiger partial charge in [-0.25, -0.2) is 4.98 Å². The van der Waals surface area contributed by atoms with Crippen molar-refractivity contribution in [3.8, 4) is 0 Å². The summed E-state index contributed by atoms with van der Waals surface area (Å²) in [7, 11) is 2.01. The molecular weight excluding hydrogens is 250 g/mol. The van der Waals surface area contributed by atoms with Gasteiger partial charge in [-0.2, -0.15) is 0 Å². The van der Waals surface area contributed by atoms with Crippen LogP contribution in [0.25, 0.3) is 0 Å². The lowest BCUT2D eigenvalue weighted by Crippen LogP contribution is -2.18. The van der Waals surface area contributed by atoms with Crippen LogP contribution in [0.2, 0.25) is 0 Å². The van der Waals surface area contributed by atoms with Crippen LogP contribution in [0.15, 0.2) is 36.7 Å². The van der Waals surface area contributed by atoms with E-state index in [9.17, 15) is 5.11 Å². The Kier molecular flexibility index (Phi) is 5.07. The Morgan fingerprint density at radius 2 is 1.90 bits per heavy atom. The SMILES string of the molecule is CCCc1cc(CO)cc(N(C)Cc2ccncc2)n1. The van der Waals surface area contributed by atoms with Crippen molar-refractivity contribution in [1.82, 2.24) is 9.97 Å². The molecule has 0 bridgehead atoms. The van der Waals surface area contributed by atoms with Crippen molar-refractivity contribution in [3.05, 3.63) is 53.5 Å². The van der Waals surface area contributed by atoms with Gasteiger partial charge in [0.15, 0.2) is 0 Å². The van der Waals surface area contributed by atoms with E-state index >= 15 is 0 Å². The molecular formula is C16H21N3O. The van der Waals surface area contributed by atoms with Crippen LogP contribution in [0, 0.1) is 0 Å². The van der Waals surface area contributed by atoms with E-state index in [-0.39, 0.29) is 6.61 Å². The summed E-state index contributed by atoms with van der Waals surface area (Å²) in [6.45, 7) is 2.96. The Labute approximate surface area is 120 Å². The molecule has 0 saturated heterocycles. The number of hydrogen-bond acceptors (Lipinski definition) is 4. The van der Waals surface area contributed by atoms with Crippen molar-refractivity contribution in [2.75, 3.05) is 11.9 Å². The van der Waals surface area contributed by atoms with Gasteiger partial charge in [-0.15, -0.1) is 0 Å². The summed E-state index contributed by atoms with van der Waals surface area (Å²) in [5.74, 6) is 0.900. The highest BCUT2D eigenvalue weighted by molar-refractivity contribution is 5.42. The van der Waals surface area contributed by atoms with Crippen molar-refractivity contribution in [1.29, 1.82) is 0 Å². The standard InChI is InChI=1S/C16H21N3O/c1-3-4-15-9-14(12-20)10-16(18-15)19(2)11-13-5-7-17-8-6-13/h5-10,20H,3-4,11-12H2,1-2H3. The van der Waals surface area contributed by atoms with Crippen molar-refractivity contribution in [2.24, 2.45) is 0 Å². The van der Waals surface area contributed by atoms with Gasteiger partial charge in [0.2, 0.25) is 0 Å². The van der Waals surface area contributed by atoms with Gasteiger partial charge < -0.3 is 10.0 Å². The third kappa shape index (κ3) is 3.78. The van der Waals surface area contributed by atoms with E-state index in [1.165, 1.54) is 5.56 Å². The van der Waals surface area contributed by atoms with Crippen LogP contribution in [0.4, 0.5) is 5.82 Å². The first-order valence-electron chi connectivity index (χ1n) is 6.93. The Balaban J connectivity index is 2.19. The zero-order valence-electron chi connectivity index (χ0n) is 12.1. The van der Waals surface area contributed by atoms with Crippen LogP contribution in [-0.4, -0.2) is 22.1 Å². The Bertz CT molecular complexity index is 543. The first kappa shape index (κ1) is 14.5. The number of aryl methyl sites for hydroxylation is 1. The van der Waals surface area contributed by atoms with Gasteiger partial charge >= 0.3 is 0 Å². The molecule has 2 heterocycles. The summed E-state index contributed by atoms with van der Waals surface area (Å²) in [4.78, 5) is 10.8. The molecule has 0 unspecified atom stereocenters. The summed E-state index contributed by atoms with van der Waals surface area (Å²) in [6.07, 6.45) is 5.58. The number of aliphatic hydroxyl groups is 1. The number of pyridine rings is 2. The molecule has 0 amide bonds. The first-order chi connectivity index (χ1) is 9.72. The van der Waals surface area contributed by atoms with Crippen LogP contribution >= 0.6 is 0 Å². The van der Waals surface area contributed by atoms with E-state index < -0.39 is 0 Å². The summed E-state index contributed by atoms with van der Waals surface area (Å²) in [5, 5.41) is 9.37. The number of hydrogen-bond donors (Lipinski definition) is 1. The molecule has 0 fully saturated rings. The van der Waals surface area contributed by atoms with Gasteiger partial charge in [-0.1, -0.05) is 13.3 Å². The minimum Gasteiger partial charge on any atom is -0.392 e. The van der Waals surface area contributed by atoms with E-state index in [0.717, 1.165) is 36.5 Å². The Morgan fingerprint density at radius 3 is 2.55 bits per heavy atom. The smallest absolute Gasteiger partial charge is 0.129 e. The van der Waals surface area contributed by atoms with Gasteiger partial charge in [0.1, 0.15) is 5.82 Å². The highest BCUT2D eigenvalue weighted by atomic mass is 16.3. The lowest BCUT2D eigenvalue weighted by Gasteiger charge is -2.20. The predicted octanol–water partition coefficient (Wildman–Crippen LogP) is 2.56. The minimum absolute atomic E-state index is 0.0509. The lowest BCUT2D eigenvalue weighted by atomic mass is 10.1. The number of anilines is 1. The average molecular weight is 271 g/mol. The van der Waals surface area contributed by atoms with E-state index in [2.05, 4.69) is 21.8 Å². The third-order valence-electron chi connectivity index (χ3n) is 3.17. The van der Waals surface area contributed by atoms with Crippen LogP contribution < -0.4 is 4.90 Å². The molecule has 0 aliphatic heterocycles. The topological polar surface area (TPSA) is 49.2 Å². The van der Waals surface area contributed by atoms with Crippen LogP contribution in [0.5, 0.6) is 0 Å². The highest BCUT2D eigenvalue weighted by Gasteiger charge is 2.07. The molecule has 2 aromatic rings. The summed E-state index contributed by atoms with van der Waals surface area (Å²) in [5.41, 5.74) is 3.14. The summed E-state index contributed by atoms with van der Waals surface area (Å²) in [6, 6.07) is 7.92. The zero-order chi connectivity index (χ0) is 14.4. The third-order valence-corrected chi connectivity index (χ3v) is 3.17. The zero-order valence-corrected chi connectivity index (χ0v) is 12.1. The maximum atomic E-state index is 9.37. The van der Waals surface area contributed by atoms with Crippen LogP contribution in [-0.2, 0) is 19.6 Å². The predicted molar refractivity (Wildman–Crippen MR) is 80.5 cm³/mol. The number of rotatable bonds is 6. The fourth-order valence-corrected chi connectivity index (χ4v) is 2.15. The summed E-state index contributed by atoms with van der Waals surface area (Å²) < 4.78 is 0. The minimum atomic E-state index is 0.0509. The molecule has 0 aliphatic rings. The van der Waals surface area contributed by atoms with E-state index in [0.29, 0.717) is 0 Å². The molecule has 0 aromatic carbocycles. The molecule has 0 atom stereocenters. The van der Waals surface area contributed by atoms with E-state index in [1.54, 1.807) is 12.4 Å².